The molecule has 0 bridgehead atoms. The Morgan fingerprint density at radius 2 is 1.93 bits per heavy atom. The van der Waals surface area contributed by atoms with Gasteiger partial charge in [0, 0.05) is 18.7 Å². The molecule has 1 heterocycles. The molecule has 154 valence electrons. The van der Waals surface area contributed by atoms with Gasteiger partial charge < -0.3 is 19.8 Å². The molecule has 2 aromatic carbocycles. The molecule has 0 aliphatic heterocycles. The molecule has 1 aromatic heterocycles. The quantitative estimate of drug-likeness (QED) is 0.272. The SMILES string of the molecule is CCNC(=NCc1coc(-c2ccccc2)n1)NCCc1cccc(OC)c1.I. The number of methoxy groups -OCH3 is 1. The van der Waals surface area contributed by atoms with E-state index in [9.17, 15) is 0 Å². The van der Waals surface area contributed by atoms with Gasteiger partial charge in [-0.25, -0.2) is 9.98 Å². The summed E-state index contributed by atoms with van der Waals surface area (Å²) >= 11 is 0. The number of oxazole rings is 1. The first-order chi connectivity index (χ1) is 13.8. The zero-order chi connectivity index (χ0) is 19.6. The summed E-state index contributed by atoms with van der Waals surface area (Å²) in [7, 11) is 1.68. The molecule has 0 unspecified atom stereocenters. The van der Waals surface area contributed by atoms with Crippen LogP contribution < -0.4 is 15.4 Å². The van der Waals surface area contributed by atoms with Crippen LogP contribution in [0.1, 0.15) is 18.2 Å². The highest BCUT2D eigenvalue weighted by Gasteiger charge is 2.06. The second-order valence-corrected chi connectivity index (χ2v) is 6.23. The average molecular weight is 506 g/mol. The van der Waals surface area contributed by atoms with Crippen molar-refractivity contribution in [3.63, 3.8) is 0 Å². The molecule has 3 aromatic rings. The summed E-state index contributed by atoms with van der Waals surface area (Å²) in [4.78, 5) is 9.12. The molecule has 6 nitrogen and oxygen atoms in total. The van der Waals surface area contributed by atoms with Gasteiger partial charge in [0.15, 0.2) is 5.96 Å². The van der Waals surface area contributed by atoms with E-state index in [2.05, 4.69) is 26.7 Å². The fraction of sp³-hybridized carbons (Fsp3) is 0.273. The standard InChI is InChI=1S/C22H26N4O2.HI/c1-3-23-22(24-13-12-17-8-7-11-20(14-17)27-2)25-15-19-16-28-21(26-19)18-9-5-4-6-10-18;/h4-11,14,16H,3,12-13,15H2,1-2H3,(H2,23,24,25);1H. The summed E-state index contributed by atoms with van der Waals surface area (Å²) < 4.78 is 10.8. The van der Waals surface area contributed by atoms with Gasteiger partial charge in [0.2, 0.25) is 5.89 Å². The van der Waals surface area contributed by atoms with Crippen molar-refractivity contribution in [2.24, 2.45) is 4.99 Å². The van der Waals surface area contributed by atoms with Crippen molar-refractivity contribution in [2.45, 2.75) is 19.9 Å². The summed E-state index contributed by atoms with van der Waals surface area (Å²) in [5, 5.41) is 6.61. The molecule has 0 atom stereocenters. The maximum Gasteiger partial charge on any atom is 0.226 e. The van der Waals surface area contributed by atoms with Crippen molar-refractivity contribution < 1.29 is 9.15 Å². The highest BCUT2D eigenvalue weighted by Crippen LogP contribution is 2.18. The van der Waals surface area contributed by atoms with Crippen molar-refractivity contribution >= 4 is 29.9 Å². The number of guanidine groups is 1. The number of hydrogen-bond acceptors (Lipinski definition) is 4. The van der Waals surface area contributed by atoms with Crippen molar-refractivity contribution in [1.82, 2.24) is 15.6 Å². The van der Waals surface area contributed by atoms with Gasteiger partial charge in [0.05, 0.1) is 13.7 Å². The number of halogens is 1. The Morgan fingerprint density at radius 3 is 2.69 bits per heavy atom. The Labute approximate surface area is 188 Å². The average Bonchev–Trinajstić information content (AvgIpc) is 3.22. The molecule has 0 fully saturated rings. The van der Waals surface area contributed by atoms with E-state index in [1.54, 1.807) is 13.4 Å². The van der Waals surface area contributed by atoms with Gasteiger partial charge in [0.25, 0.3) is 0 Å². The van der Waals surface area contributed by atoms with E-state index >= 15 is 0 Å². The van der Waals surface area contributed by atoms with Crippen LogP contribution in [0, 0.1) is 0 Å². The topological polar surface area (TPSA) is 71.7 Å². The predicted octanol–water partition coefficient (Wildman–Crippen LogP) is 4.27. The van der Waals surface area contributed by atoms with Crippen LogP contribution in [0.5, 0.6) is 5.75 Å². The number of nitrogens with zero attached hydrogens (tertiary/aromatic N) is 2. The molecule has 0 spiro atoms. The van der Waals surface area contributed by atoms with Crippen LogP contribution in [-0.4, -0.2) is 31.1 Å². The second-order valence-electron chi connectivity index (χ2n) is 6.23. The predicted molar refractivity (Wildman–Crippen MR) is 127 cm³/mol. The minimum atomic E-state index is 0. The summed E-state index contributed by atoms with van der Waals surface area (Å²) in [6, 6.07) is 17.9. The van der Waals surface area contributed by atoms with Crippen molar-refractivity contribution in [3.8, 4) is 17.2 Å². The normalized spacial score (nSPS) is 10.9. The summed E-state index contributed by atoms with van der Waals surface area (Å²) in [6.45, 7) is 4.06. The minimum Gasteiger partial charge on any atom is -0.497 e. The monoisotopic (exact) mass is 506 g/mol. The van der Waals surface area contributed by atoms with Gasteiger partial charge >= 0.3 is 0 Å². The number of rotatable bonds is 8. The van der Waals surface area contributed by atoms with E-state index < -0.39 is 0 Å². The number of hydrogen-bond donors (Lipinski definition) is 2. The highest BCUT2D eigenvalue weighted by atomic mass is 127. The molecular weight excluding hydrogens is 479 g/mol. The molecular formula is C22H27IN4O2. The molecule has 7 heteroatoms. The lowest BCUT2D eigenvalue weighted by Gasteiger charge is -2.11. The van der Waals surface area contributed by atoms with Crippen LogP contribution in [0.15, 0.2) is 70.3 Å². The summed E-state index contributed by atoms with van der Waals surface area (Å²) in [6.07, 6.45) is 2.54. The molecule has 3 rings (SSSR count). The van der Waals surface area contributed by atoms with E-state index in [4.69, 9.17) is 9.15 Å². The summed E-state index contributed by atoms with van der Waals surface area (Å²) in [5.74, 6) is 2.25. The van der Waals surface area contributed by atoms with Crippen LogP contribution in [0.25, 0.3) is 11.5 Å². The largest absolute Gasteiger partial charge is 0.497 e. The van der Waals surface area contributed by atoms with Crippen LogP contribution in [0.4, 0.5) is 0 Å². The van der Waals surface area contributed by atoms with Crippen molar-refractivity contribution in [3.05, 3.63) is 72.1 Å². The Hall–Kier alpha value is -2.55. The zero-order valence-electron chi connectivity index (χ0n) is 16.7. The Kier molecular flexibility index (Phi) is 9.49. The van der Waals surface area contributed by atoms with E-state index in [1.807, 2.05) is 55.5 Å². The second kappa shape index (κ2) is 12.1. The van der Waals surface area contributed by atoms with Gasteiger partial charge in [0.1, 0.15) is 17.7 Å². The molecule has 0 saturated heterocycles. The number of ether oxygens (including phenoxy) is 1. The van der Waals surface area contributed by atoms with Gasteiger partial charge in [-0.05, 0) is 43.2 Å². The van der Waals surface area contributed by atoms with Gasteiger partial charge in [-0.3, -0.25) is 0 Å². The maximum atomic E-state index is 5.57. The lowest BCUT2D eigenvalue weighted by atomic mass is 10.1. The smallest absolute Gasteiger partial charge is 0.226 e. The van der Waals surface area contributed by atoms with E-state index in [1.165, 1.54) is 5.56 Å². The molecule has 0 radical (unpaired) electrons. The fourth-order valence-corrected chi connectivity index (χ4v) is 2.75. The first-order valence-corrected chi connectivity index (χ1v) is 9.43. The lowest BCUT2D eigenvalue weighted by Crippen LogP contribution is -2.38. The van der Waals surface area contributed by atoms with Crippen LogP contribution in [0.2, 0.25) is 0 Å². The molecule has 0 aliphatic carbocycles. The van der Waals surface area contributed by atoms with E-state index in [0.717, 1.165) is 42.5 Å². The first kappa shape index (κ1) is 22.7. The first-order valence-electron chi connectivity index (χ1n) is 9.43. The van der Waals surface area contributed by atoms with Crippen molar-refractivity contribution in [1.29, 1.82) is 0 Å². The highest BCUT2D eigenvalue weighted by molar-refractivity contribution is 14.0. The Balaban J connectivity index is 0.00000300. The zero-order valence-corrected chi connectivity index (χ0v) is 19.1. The third kappa shape index (κ3) is 7.08. The molecule has 0 amide bonds. The third-order valence-electron chi connectivity index (χ3n) is 4.16. The minimum absolute atomic E-state index is 0. The number of aliphatic imine (C=N–C) groups is 1. The van der Waals surface area contributed by atoms with Crippen LogP contribution >= 0.6 is 24.0 Å². The molecule has 29 heavy (non-hydrogen) atoms. The maximum absolute atomic E-state index is 5.57. The van der Waals surface area contributed by atoms with Gasteiger partial charge in [-0.1, -0.05) is 30.3 Å². The van der Waals surface area contributed by atoms with Crippen LogP contribution in [-0.2, 0) is 13.0 Å². The molecule has 2 N–H and O–H groups in total. The fourth-order valence-electron chi connectivity index (χ4n) is 2.75. The van der Waals surface area contributed by atoms with E-state index in [-0.39, 0.29) is 24.0 Å². The Morgan fingerprint density at radius 1 is 1.10 bits per heavy atom. The number of nitrogens with one attached hydrogen (secondary N) is 2. The summed E-state index contributed by atoms with van der Waals surface area (Å²) in [5.41, 5.74) is 2.97. The van der Waals surface area contributed by atoms with E-state index in [0.29, 0.717) is 12.4 Å². The van der Waals surface area contributed by atoms with Crippen molar-refractivity contribution in [2.75, 3.05) is 20.2 Å². The van der Waals surface area contributed by atoms with Crippen LogP contribution in [0.3, 0.4) is 0 Å². The molecule has 0 saturated carbocycles. The Bertz CT molecular complexity index is 897. The van der Waals surface area contributed by atoms with Gasteiger partial charge in [-0.2, -0.15) is 0 Å². The lowest BCUT2D eigenvalue weighted by molar-refractivity contribution is 0.414. The number of benzene rings is 2. The number of aromatic nitrogens is 1. The van der Waals surface area contributed by atoms with Gasteiger partial charge in [-0.15, -0.1) is 24.0 Å². The molecule has 0 aliphatic rings. The third-order valence-corrected chi connectivity index (χ3v) is 4.16.